The molecule has 0 spiro atoms. The highest BCUT2D eigenvalue weighted by Crippen LogP contribution is 2.27. The van der Waals surface area contributed by atoms with Gasteiger partial charge in [0.2, 0.25) is 5.91 Å². The Bertz CT molecular complexity index is 1040. The fourth-order valence-electron chi connectivity index (χ4n) is 4.61. The smallest absolute Gasteiger partial charge is 0.227 e. The van der Waals surface area contributed by atoms with Gasteiger partial charge in [-0.25, -0.2) is 0 Å². The van der Waals surface area contributed by atoms with Crippen LogP contribution >= 0.6 is 23.2 Å². The molecule has 0 bridgehead atoms. The first-order valence-corrected chi connectivity index (χ1v) is 14.7. The van der Waals surface area contributed by atoms with Gasteiger partial charge in [-0.05, 0) is 41.8 Å². The molecular formula is C30H42Cl2N2O7. The molecule has 2 aromatic rings. The fourth-order valence-corrected chi connectivity index (χ4v) is 4.93. The summed E-state index contributed by atoms with van der Waals surface area (Å²) in [4.78, 5) is 17.5. The summed E-state index contributed by atoms with van der Waals surface area (Å²) in [7, 11) is 3.48. The van der Waals surface area contributed by atoms with E-state index in [1.54, 1.807) is 24.1 Å². The molecule has 0 aromatic heterocycles. The molecule has 1 aliphatic heterocycles. The first-order valence-electron chi connectivity index (χ1n) is 13.9. The number of nitrogens with zero attached hydrogens (tertiary/aromatic N) is 2. The van der Waals surface area contributed by atoms with E-state index >= 15 is 0 Å². The summed E-state index contributed by atoms with van der Waals surface area (Å²) >= 11 is 12.2. The van der Waals surface area contributed by atoms with E-state index in [4.69, 9.17) is 52.0 Å². The van der Waals surface area contributed by atoms with E-state index in [0.717, 1.165) is 30.6 Å². The summed E-state index contributed by atoms with van der Waals surface area (Å²) < 4.78 is 27.5. The van der Waals surface area contributed by atoms with Crippen LogP contribution in [0.5, 0.6) is 5.75 Å². The zero-order valence-corrected chi connectivity index (χ0v) is 25.4. The molecule has 41 heavy (non-hydrogen) atoms. The van der Waals surface area contributed by atoms with Crippen molar-refractivity contribution < 1.29 is 33.6 Å². The number of carbonyl (C=O) groups is 1. The number of carbonyl (C=O) groups excluding carboxylic acids is 1. The van der Waals surface area contributed by atoms with E-state index in [1.165, 1.54) is 0 Å². The maximum atomic E-state index is 13.4. The standard InChI is InChI=1S/C30H42Cl2N2O7/c1-33(30(36)20-23-3-8-27(31)28(32)19-23)29(24-4-6-25(7-5-24)40-12-11-35)22-34-10-9-26(21-34)41-18-17-39-16-15-38-14-13-37-2/h3-8,19,26,29,35H,9-18,20-22H2,1-2H3/t26-,29+/m0/s1. The molecule has 3 rings (SSSR count). The predicted octanol–water partition coefficient (Wildman–Crippen LogP) is 3.88. The molecule has 0 radical (unpaired) electrons. The Morgan fingerprint density at radius 3 is 2.39 bits per heavy atom. The minimum atomic E-state index is -0.183. The number of hydrogen-bond acceptors (Lipinski definition) is 8. The van der Waals surface area contributed by atoms with Gasteiger partial charge in [0, 0.05) is 33.8 Å². The van der Waals surface area contributed by atoms with Gasteiger partial charge in [0.25, 0.3) is 0 Å². The zero-order valence-electron chi connectivity index (χ0n) is 23.9. The lowest BCUT2D eigenvalue weighted by Gasteiger charge is -2.32. The van der Waals surface area contributed by atoms with Crippen LogP contribution in [0.2, 0.25) is 10.0 Å². The molecule has 228 valence electrons. The summed E-state index contributed by atoms with van der Waals surface area (Å²) in [6, 6.07) is 12.8. The summed E-state index contributed by atoms with van der Waals surface area (Å²) in [5, 5.41) is 9.94. The number of hydrogen-bond donors (Lipinski definition) is 1. The zero-order chi connectivity index (χ0) is 29.5. The number of aliphatic hydroxyl groups excluding tert-OH is 1. The molecule has 2 aromatic carbocycles. The van der Waals surface area contributed by atoms with Crippen LogP contribution in [0.3, 0.4) is 0 Å². The lowest BCUT2D eigenvalue weighted by molar-refractivity contribution is -0.131. The quantitative estimate of drug-likeness (QED) is 0.239. The highest BCUT2D eigenvalue weighted by Gasteiger charge is 2.29. The van der Waals surface area contributed by atoms with Gasteiger partial charge in [-0.1, -0.05) is 41.4 Å². The van der Waals surface area contributed by atoms with Crippen LogP contribution in [-0.4, -0.2) is 114 Å². The lowest BCUT2D eigenvalue weighted by Crippen LogP contribution is -2.39. The molecule has 1 aliphatic rings. The maximum absolute atomic E-state index is 13.4. The van der Waals surface area contributed by atoms with Crippen LogP contribution in [0.15, 0.2) is 42.5 Å². The van der Waals surface area contributed by atoms with Crippen molar-refractivity contribution in [3.8, 4) is 5.75 Å². The van der Waals surface area contributed by atoms with Crippen molar-refractivity contribution in [1.29, 1.82) is 0 Å². The number of halogens is 2. The second kappa shape index (κ2) is 18.6. The Morgan fingerprint density at radius 2 is 1.71 bits per heavy atom. The first kappa shape index (κ1) is 33.6. The van der Waals surface area contributed by atoms with Gasteiger partial charge in [-0.15, -0.1) is 0 Å². The molecule has 1 fully saturated rings. The number of amides is 1. The molecule has 0 saturated carbocycles. The van der Waals surface area contributed by atoms with Gasteiger partial charge in [0.15, 0.2) is 0 Å². The van der Waals surface area contributed by atoms with Crippen molar-refractivity contribution >= 4 is 29.1 Å². The van der Waals surface area contributed by atoms with Crippen molar-refractivity contribution in [3.05, 3.63) is 63.6 Å². The van der Waals surface area contributed by atoms with E-state index in [-0.39, 0.29) is 37.7 Å². The Morgan fingerprint density at radius 1 is 1.00 bits per heavy atom. The van der Waals surface area contributed by atoms with Crippen LogP contribution in [0.4, 0.5) is 0 Å². The Balaban J connectivity index is 1.55. The minimum absolute atomic E-state index is 0.0238. The third kappa shape index (κ3) is 11.7. The summed E-state index contributed by atoms with van der Waals surface area (Å²) in [6.07, 6.45) is 1.25. The number of likely N-dealkylation sites (N-methyl/N-ethyl adjacent to an activating group) is 1. The molecule has 0 aliphatic carbocycles. The molecule has 9 nitrogen and oxygen atoms in total. The van der Waals surface area contributed by atoms with Crippen LogP contribution in [0.1, 0.15) is 23.6 Å². The van der Waals surface area contributed by atoms with Crippen LogP contribution in [0.25, 0.3) is 0 Å². The van der Waals surface area contributed by atoms with Crippen molar-refractivity contribution in [3.63, 3.8) is 0 Å². The number of aliphatic hydroxyl groups is 1. The molecule has 2 atom stereocenters. The molecule has 11 heteroatoms. The number of likely N-dealkylation sites (tertiary alicyclic amines) is 1. The second-order valence-electron chi connectivity index (χ2n) is 9.85. The third-order valence-corrected chi connectivity index (χ3v) is 7.61. The van der Waals surface area contributed by atoms with Crippen molar-refractivity contribution in [2.75, 3.05) is 86.6 Å². The van der Waals surface area contributed by atoms with Gasteiger partial charge >= 0.3 is 0 Å². The summed E-state index contributed by atoms with van der Waals surface area (Å²) in [6.45, 7) is 5.74. The maximum Gasteiger partial charge on any atom is 0.227 e. The van der Waals surface area contributed by atoms with E-state index in [1.807, 2.05) is 37.4 Å². The summed E-state index contributed by atoms with van der Waals surface area (Å²) in [5.41, 5.74) is 1.80. The monoisotopic (exact) mass is 612 g/mol. The molecule has 0 unspecified atom stereocenters. The SMILES string of the molecule is COCCOCCOCCO[C@H]1CCN(C[C@H](c2ccc(OCCO)cc2)N(C)C(=O)Cc2ccc(Cl)c(Cl)c2)C1. The molecule has 1 saturated heterocycles. The summed E-state index contributed by atoms with van der Waals surface area (Å²) in [5.74, 6) is 0.647. The van der Waals surface area contributed by atoms with Crippen molar-refractivity contribution in [2.45, 2.75) is 25.0 Å². The first-order chi connectivity index (χ1) is 19.9. The van der Waals surface area contributed by atoms with E-state index in [0.29, 0.717) is 62.0 Å². The molecular weight excluding hydrogens is 571 g/mol. The van der Waals surface area contributed by atoms with E-state index < -0.39 is 0 Å². The number of methoxy groups -OCH3 is 1. The average molecular weight is 614 g/mol. The van der Waals surface area contributed by atoms with E-state index in [2.05, 4.69) is 4.90 Å². The minimum Gasteiger partial charge on any atom is -0.491 e. The largest absolute Gasteiger partial charge is 0.491 e. The van der Waals surface area contributed by atoms with Crippen molar-refractivity contribution in [1.82, 2.24) is 9.80 Å². The second-order valence-corrected chi connectivity index (χ2v) is 10.7. The number of benzene rings is 2. The van der Waals surface area contributed by atoms with Crippen LogP contribution in [0, 0.1) is 0 Å². The Labute approximate surface area is 253 Å². The normalized spacial score (nSPS) is 16.2. The third-order valence-electron chi connectivity index (χ3n) is 6.87. The van der Waals surface area contributed by atoms with Crippen molar-refractivity contribution in [2.24, 2.45) is 0 Å². The van der Waals surface area contributed by atoms with Gasteiger partial charge in [0.1, 0.15) is 12.4 Å². The molecule has 1 N–H and O–H groups in total. The highest BCUT2D eigenvalue weighted by atomic mass is 35.5. The van der Waals surface area contributed by atoms with Gasteiger partial charge in [-0.2, -0.15) is 0 Å². The topological polar surface area (TPSA) is 89.9 Å². The van der Waals surface area contributed by atoms with Gasteiger partial charge < -0.3 is 33.7 Å². The molecule has 1 heterocycles. The van der Waals surface area contributed by atoms with E-state index in [9.17, 15) is 4.79 Å². The van der Waals surface area contributed by atoms with Gasteiger partial charge in [-0.3, -0.25) is 9.69 Å². The number of rotatable bonds is 19. The van der Waals surface area contributed by atoms with Gasteiger partial charge in [0.05, 0.1) is 74.9 Å². The van der Waals surface area contributed by atoms with Crippen LogP contribution in [-0.2, 0) is 30.2 Å². The molecule has 1 amide bonds. The van der Waals surface area contributed by atoms with Crippen LogP contribution < -0.4 is 4.74 Å². The number of ether oxygens (including phenoxy) is 5. The average Bonchev–Trinajstić information content (AvgIpc) is 3.43. The highest BCUT2D eigenvalue weighted by molar-refractivity contribution is 6.42. The predicted molar refractivity (Wildman–Crippen MR) is 159 cm³/mol. The Kier molecular flexibility index (Phi) is 15.2. The Hall–Kier alpha value is -1.95. The lowest BCUT2D eigenvalue weighted by atomic mass is 10.0. The fraction of sp³-hybridized carbons (Fsp3) is 0.567.